The Morgan fingerprint density at radius 1 is 1.30 bits per heavy atom. The highest BCUT2D eigenvalue weighted by Crippen LogP contribution is 2.24. The van der Waals surface area contributed by atoms with Gasteiger partial charge in [-0.05, 0) is 6.07 Å². The summed E-state index contributed by atoms with van der Waals surface area (Å²) in [5, 5.41) is 7.30. The number of nitrogens with zero attached hydrogens (tertiary/aromatic N) is 5. The number of H-pyrrole nitrogens is 1. The second kappa shape index (κ2) is 4.49. The van der Waals surface area contributed by atoms with E-state index >= 15 is 0 Å². The van der Waals surface area contributed by atoms with Gasteiger partial charge in [0.05, 0.1) is 23.8 Å². The van der Waals surface area contributed by atoms with E-state index in [2.05, 4.69) is 35.4 Å². The van der Waals surface area contributed by atoms with Crippen molar-refractivity contribution in [1.82, 2.24) is 35.4 Å². The van der Waals surface area contributed by atoms with Crippen molar-refractivity contribution in [3.63, 3.8) is 0 Å². The van der Waals surface area contributed by atoms with Crippen LogP contribution in [0.2, 0.25) is 0 Å². The van der Waals surface area contributed by atoms with Crippen LogP contribution in [0.1, 0.15) is 23.3 Å². The van der Waals surface area contributed by atoms with Crippen LogP contribution in [0.25, 0.3) is 11.5 Å². The smallest absolute Gasteiger partial charge is 0.244 e. The second-order valence-electron chi connectivity index (χ2n) is 4.52. The number of hydrogen-bond acceptors (Lipinski definition) is 7. The summed E-state index contributed by atoms with van der Waals surface area (Å²) >= 11 is 0. The average molecular weight is 269 g/mol. The topological polar surface area (TPSA) is 105 Å². The van der Waals surface area contributed by atoms with Gasteiger partial charge in [0.15, 0.2) is 0 Å². The minimum absolute atomic E-state index is 0.0195. The largest absolute Gasteiger partial charge is 0.347 e. The van der Waals surface area contributed by atoms with E-state index in [0.717, 1.165) is 17.8 Å². The summed E-state index contributed by atoms with van der Waals surface area (Å²) in [6, 6.07) is 1.73. The molecule has 4 rings (SSSR count). The molecule has 1 atom stereocenters. The van der Waals surface area contributed by atoms with E-state index in [1.807, 2.05) is 0 Å². The van der Waals surface area contributed by atoms with Gasteiger partial charge < -0.3 is 9.51 Å². The number of aromatic nitrogens is 6. The Bertz CT molecular complexity index is 720. The van der Waals surface area contributed by atoms with Crippen molar-refractivity contribution in [3.8, 4) is 11.5 Å². The third-order valence-corrected chi connectivity index (χ3v) is 3.28. The van der Waals surface area contributed by atoms with Crippen molar-refractivity contribution in [3.05, 3.63) is 42.2 Å². The second-order valence-corrected chi connectivity index (χ2v) is 4.52. The first-order valence-corrected chi connectivity index (χ1v) is 6.24. The van der Waals surface area contributed by atoms with Crippen molar-refractivity contribution >= 4 is 0 Å². The predicted molar refractivity (Wildman–Crippen MR) is 67.2 cm³/mol. The molecule has 4 heterocycles. The first-order chi connectivity index (χ1) is 9.90. The van der Waals surface area contributed by atoms with Gasteiger partial charge in [-0.15, -0.1) is 0 Å². The lowest BCUT2D eigenvalue weighted by Crippen LogP contribution is -2.28. The highest BCUT2D eigenvalue weighted by molar-refractivity contribution is 5.46. The van der Waals surface area contributed by atoms with Crippen LogP contribution in [0.15, 0.2) is 29.4 Å². The lowest BCUT2D eigenvalue weighted by atomic mass is 10.1. The molecule has 0 spiro atoms. The standard InChI is InChI=1S/C12H11N7O/c1-2-13-5-15-7(1)11-18-12(20-19-11)9-3-8-10(4-14-9)17-6-16-8/h1-2,5-6,9,14H,3-4H2,(H,16,17). The van der Waals surface area contributed by atoms with Crippen LogP contribution < -0.4 is 5.32 Å². The Labute approximate surface area is 113 Å². The Morgan fingerprint density at radius 3 is 3.20 bits per heavy atom. The van der Waals surface area contributed by atoms with E-state index < -0.39 is 0 Å². The highest BCUT2D eigenvalue weighted by atomic mass is 16.5. The molecular weight excluding hydrogens is 258 g/mol. The van der Waals surface area contributed by atoms with E-state index in [1.54, 1.807) is 18.6 Å². The van der Waals surface area contributed by atoms with Crippen molar-refractivity contribution in [2.45, 2.75) is 19.0 Å². The molecular formula is C12H11N7O. The number of rotatable bonds is 2. The van der Waals surface area contributed by atoms with Gasteiger partial charge in [-0.2, -0.15) is 4.98 Å². The normalized spacial score (nSPS) is 17.9. The molecule has 8 heteroatoms. The van der Waals surface area contributed by atoms with Gasteiger partial charge >= 0.3 is 0 Å². The fourth-order valence-electron chi connectivity index (χ4n) is 2.25. The first-order valence-electron chi connectivity index (χ1n) is 6.24. The summed E-state index contributed by atoms with van der Waals surface area (Å²) in [5.74, 6) is 1.02. The van der Waals surface area contributed by atoms with Crippen LogP contribution in [-0.4, -0.2) is 30.1 Å². The third-order valence-electron chi connectivity index (χ3n) is 3.28. The summed E-state index contributed by atoms with van der Waals surface area (Å²) in [4.78, 5) is 19.8. The summed E-state index contributed by atoms with van der Waals surface area (Å²) in [7, 11) is 0. The summed E-state index contributed by atoms with van der Waals surface area (Å²) in [6.45, 7) is 0.714. The van der Waals surface area contributed by atoms with E-state index in [0.29, 0.717) is 24.0 Å². The zero-order chi connectivity index (χ0) is 13.4. The van der Waals surface area contributed by atoms with Crippen molar-refractivity contribution in [1.29, 1.82) is 0 Å². The molecule has 2 N–H and O–H groups in total. The van der Waals surface area contributed by atoms with Gasteiger partial charge in [0.2, 0.25) is 11.7 Å². The monoisotopic (exact) mass is 269 g/mol. The lowest BCUT2D eigenvalue weighted by molar-refractivity contribution is 0.319. The Balaban J connectivity index is 1.60. The zero-order valence-electron chi connectivity index (χ0n) is 10.4. The van der Waals surface area contributed by atoms with Crippen LogP contribution in [0, 0.1) is 0 Å². The first kappa shape index (κ1) is 11.2. The summed E-state index contributed by atoms with van der Waals surface area (Å²) in [6.07, 6.45) is 5.53. The molecule has 8 nitrogen and oxygen atoms in total. The van der Waals surface area contributed by atoms with Gasteiger partial charge in [0, 0.05) is 19.2 Å². The molecule has 0 bridgehead atoms. The number of hydrogen-bond donors (Lipinski definition) is 2. The molecule has 1 aliphatic heterocycles. The van der Waals surface area contributed by atoms with E-state index in [1.165, 1.54) is 6.33 Å². The quantitative estimate of drug-likeness (QED) is 0.703. The number of nitrogens with one attached hydrogen (secondary N) is 2. The van der Waals surface area contributed by atoms with Crippen LogP contribution in [0.4, 0.5) is 0 Å². The number of aromatic amines is 1. The molecule has 0 fully saturated rings. The minimum atomic E-state index is -0.0195. The molecule has 3 aromatic rings. The summed E-state index contributed by atoms with van der Waals surface area (Å²) in [5.41, 5.74) is 2.79. The van der Waals surface area contributed by atoms with E-state index in [-0.39, 0.29) is 6.04 Å². The Hall–Kier alpha value is -2.61. The molecule has 0 saturated carbocycles. The lowest BCUT2D eigenvalue weighted by Gasteiger charge is -2.19. The van der Waals surface area contributed by atoms with E-state index in [4.69, 9.17) is 4.52 Å². The molecule has 100 valence electrons. The van der Waals surface area contributed by atoms with Crippen LogP contribution >= 0.6 is 0 Å². The molecule has 1 aliphatic rings. The van der Waals surface area contributed by atoms with Gasteiger partial charge in [-0.25, -0.2) is 15.0 Å². The molecule has 0 radical (unpaired) electrons. The molecule has 3 aromatic heterocycles. The van der Waals surface area contributed by atoms with Gasteiger partial charge in [0.1, 0.15) is 12.0 Å². The van der Waals surface area contributed by atoms with Gasteiger partial charge in [-0.3, -0.25) is 5.32 Å². The Kier molecular flexibility index (Phi) is 2.52. The average Bonchev–Trinajstić information content (AvgIpc) is 3.16. The zero-order valence-corrected chi connectivity index (χ0v) is 10.4. The number of imidazole rings is 1. The van der Waals surface area contributed by atoms with Crippen molar-refractivity contribution in [2.75, 3.05) is 0 Å². The molecule has 0 aliphatic carbocycles. The molecule has 0 aromatic carbocycles. The van der Waals surface area contributed by atoms with Crippen molar-refractivity contribution in [2.24, 2.45) is 0 Å². The minimum Gasteiger partial charge on any atom is -0.347 e. The highest BCUT2D eigenvalue weighted by Gasteiger charge is 2.26. The SMILES string of the molecule is c1cc(-c2noc(C3Cc4nc[nH]c4CN3)n2)ncn1. The third kappa shape index (κ3) is 1.86. The molecule has 1 unspecified atom stereocenters. The predicted octanol–water partition coefficient (Wildman–Crippen LogP) is 0.637. The maximum atomic E-state index is 5.33. The fraction of sp³-hybridized carbons (Fsp3) is 0.250. The molecule has 0 amide bonds. The van der Waals surface area contributed by atoms with Crippen LogP contribution in [0.3, 0.4) is 0 Å². The maximum absolute atomic E-state index is 5.33. The number of fused-ring (bicyclic) bond motifs is 1. The Morgan fingerprint density at radius 2 is 2.30 bits per heavy atom. The van der Waals surface area contributed by atoms with Gasteiger partial charge in [-0.1, -0.05) is 5.16 Å². The summed E-state index contributed by atoms with van der Waals surface area (Å²) < 4.78 is 5.33. The van der Waals surface area contributed by atoms with Crippen molar-refractivity contribution < 1.29 is 4.52 Å². The van der Waals surface area contributed by atoms with Crippen LogP contribution in [-0.2, 0) is 13.0 Å². The van der Waals surface area contributed by atoms with Gasteiger partial charge in [0.25, 0.3) is 0 Å². The van der Waals surface area contributed by atoms with Crippen LogP contribution in [0.5, 0.6) is 0 Å². The maximum Gasteiger partial charge on any atom is 0.244 e. The molecule has 20 heavy (non-hydrogen) atoms. The molecule has 0 saturated heterocycles. The fourth-order valence-corrected chi connectivity index (χ4v) is 2.25. The van der Waals surface area contributed by atoms with E-state index in [9.17, 15) is 0 Å².